The molecule has 1 aliphatic carbocycles. The normalized spacial score (nSPS) is 13.3. The maximum atomic E-state index is 13.1. The van der Waals surface area contributed by atoms with E-state index in [0.29, 0.717) is 41.9 Å². The molecule has 0 aliphatic heterocycles. The summed E-state index contributed by atoms with van der Waals surface area (Å²) < 4.78 is 7.47. The van der Waals surface area contributed by atoms with Crippen LogP contribution in [-0.2, 0) is 6.42 Å². The Balaban J connectivity index is 1.39. The number of nitrogens with zero attached hydrogens (tertiary/aromatic N) is 6. The molecule has 1 amide bonds. The zero-order chi connectivity index (χ0) is 22.1. The zero-order valence-electron chi connectivity index (χ0n) is 18.1. The van der Waals surface area contributed by atoms with Gasteiger partial charge in [0.05, 0.1) is 5.69 Å². The average Bonchev–Trinajstić information content (AvgIpc) is 3.42. The van der Waals surface area contributed by atoms with Crippen LogP contribution in [0.3, 0.4) is 0 Å². The van der Waals surface area contributed by atoms with Gasteiger partial charge in [-0.25, -0.2) is 4.68 Å². The van der Waals surface area contributed by atoms with Crippen molar-refractivity contribution in [1.29, 1.82) is 0 Å². The fourth-order valence-electron chi connectivity index (χ4n) is 3.70. The minimum Gasteiger partial charge on any atom is -0.420 e. The quantitative estimate of drug-likeness (QED) is 0.445. The molecule has 0 bridgehead atoms. The van der Waals surface area contributed by atoms with Gasteiger partial charge in [-0.05, 0) is 49.2 Å². The third-order valence-corrected chi connectivity index (χ3v) is 5.59. The number of pyridine rings is 1. The van der Waals surface area contributed by atoms with Gasteiger partial charge in [-0.1, -0.05) is 12.1 Å². The van der Waals surface area contributed by atoms with Crippen LogP contribution in [0.5, 0.6) is 0 Å². The van der Waals surface area contributed by atoms with E-state index in [-0.39, 0.29) is 5.91 Å². The van der Waals surface area contributed by atoms with E-state index in [1.165, 1.54) is 0 Å². The van der Waals surface area contributed by atoms with E-state index in [1.54, 1.807) is 18.0 Å². The highest BCUT2D eigenvalue weighted by Gasteiger charge is 2.30. The first-order valence-electron chi connectivity index (χ1n) is 10.7. The number of carbonyl (C=O) groups is 1. The van der Waals surface area contributed by atoms with Gasteiger partial charge in [0.2, 0.25) is 5.89 Å². The topological polar surface area (TPSA) is 89.9 Å². The van der Waals surface area contributed by atoms with Gasteiger partial charge < -0.3 is 9.32 Å². The van der Waals surface area contributed by atoms with Crippen molar-refractivity contribution in [1.82, 2.24) is 29.9 Å². The van der Waals surface area contributed by atoms with E-state index in [4.69, 9.17) is 9.52 Å². The van der Waals surface area contributed by atoms with Gasteiger partial charge >= 0.3 is 0 Å². The Morgan fingerprint density at radius 2 is 2.03 bits per heavy atom. The molecule has 1 aliphatic rings. The van der Waals surface area contributed by atoms with Crippen molar-refractivity contribution >= 4 is 5.91 Å². The number of aryl methyl sites for hydroxylation is 1. The van der Waals surface area contributed by atoms with E-state index >= 15 is 0 Å². The van der Waals surface area contributed by atoms with Crippen LogP contribution in [0.1, 0.15) is 46.4 Å². The van der Waals surface area contributed by atoms with Gasteiger partial charge in [-0.3, -0.25) is 9.78 Å². The Morgan fingerprint density at radius 1 is 1.16 bits per heavy atom. The van der Waals surface area contributed by atoms with Crippen molar-refractivity contribution in [3.63, 3.8) is 0 Å². The first-order chi connectivity index (χ1) is 15.6. The third kappa shape index (κ3) is 4.16. The lowest BCUT2D eigenvalue weighted by Gasteiger charge is -2.17. The highest BCUT2D eigenvalue weighted by Crippen LogP contribution is 2.42. The molecule has 1 saturated carbocycles. The molecule has 4 aromatic rings. The highest BCUT2D eigenvalue weighted by molar-refractivity contribution is 5.94. The monoisotopic (exact) mass is 428 g/mol. The van der Waals surface area contributed by atoms with Gasteiger partial charge in [-0.2, -0.15) is 5.10 Å². The van der Waals surface area contributed by atoms with Crippen LogP contribution in [-0.4, -0.2) is 49.4 Å². The highest BCUT2D eigenvalue weighted by atomic mass is 16.4. The maximum absolute atomic E-state index is 13.1. The number of hydrogen-bond donors (Lipinski definition) is 0. The minimum atomic E-state index is -0.0318. The predicted molar refractivity (Wildman–Crippen MR) is 118 cm³/mol. The predicted octanol–water partition coefficient (Wildman–Crippen LogP) is 3.82. The second-order valence-electron chi connectivity index (χ2n) is 8.11. The van der Waals surface area contributed by atoms with E-state index in [0.717, 1.165) is 29.9 Å². The zero-order valence-corrected chi connectivity index (χ0v) is 18.1. The van der Waals surface area contributed by atoms with Crippen LogP contribution in [0.2, 0.25) is 0 Å². The molecule has 162 valence electrons. The number of hydrogen-bond acceptors (Lipinski definition) is 6. The summed E-state index contributed by atoms with van der Waals surface area (Å²) in [5, 5.41) is 12.7. The van der Waals surface area contributed by atoms with E-state index in [1.807, 2.05) is 60.3 Å². The fourth-order valence-corrected chi connectivity index (χ4v) is 3.70. The SMILES string of the molecule is Cc1nnc(-c2cc(C3CC3)n(-c3cccc(C(=O)N(C)CCc4ccccn4)c3)n2)o1. The van der Waals surface area contributed by atoms with E-state index in [2.05, 4.69) is 15.2 Å². The second kappa shape index (κ2) is 8.37. The van der Waals surface area contributed by atoms with Crippen molar-refractivity contribution in [2.45, 2.75) is 32.1 Å². The van der Waals surface area contributed by atoms with Gasteiger partial charge in [0.15, 0.2) is 0 Å². The van der Waals surface area contributed by atoms with E-state index in [9.17, 15) is 4.79 Å². The first-order valence-corrected chi connectivity index (χ1v) is 10.7. The summed E-state index contributed by atoms with van der Waals surface area (Å²) in [7, 11) is 1.82. The lowest BCUT2D eigenvalue weighted by Crippen LogP contribution is -2.29. The first kappa shape index (κ1) is 20.1. The lowest BCUT2D eigenvalue weighted by molar-refractivity contribution is 0.0796. The molecule has 0 unspecified atom stereocenters. The van der Waals surface area contributed by atoms with Crippen LogP contribution in [0.15, 0.2) is 59.1 Å². The van der Waals surface area contributed by atoms with E-state index < -0.39 is 0 Å². The molecule has 0 saturated heterocycles. The van der Waals surface area contributed by atoms with Crippen molar-refractivity contribution < 1.29 is 9.21 Å². The Labute approximate surface area is 185 Å². The summed E-state index contributed by atoms with van der Waals surface area (Å²) in [4.78, 5) is 19.1. The van der Waals surface area contributed by atoms with Crippen LogP contribution in [0, 0.1) is 6.92 Å². The van der Waals surface area contributed by atoms with Gasteiger partial charge in [-0.15, -0.1) is 10.2 Å². The number of carbonyl (C=O) groups excluding carboxylic acids is 1. The smallest absolute Gasteiger partial charge is 0.268 e. The molecule has 8 heteroatoms. The molecular formula is C24H24N6O2. The molecule has 3 aromatic heterocycles. The van der Waals surface area contributed by atoms with Crippen LogP contribution in [0.25, 0.3) is 17.3 Å². The molecule has 0 spiro atoms. The van der Waals surface area contributed by atoms with Crippen LogP contribution < -0.4 is 0 Å². The van der Waals surface area contributed by atoms with Gasteiger partial charge in [0.25, 0.3) is 11.8 Å². The van der Waals surface area contributed by atoms with Crippen molar-refractivity contribution in [2.75, 3.05) is 13.6 Å². The Morgan fingerprint density at radius 3 is 2.75 bits per heavy atom. The minimum absolute atomic E-state index is 0.0318. The molecule has 0 N–H and O–H groups in total. The maximum Gasteiger partial charge on any atom is 0.268 e. The molecule has 0 radical (unpaired) electrons. The Hall–Kier alpha value is -3.81. The number of benzene rings is 1. The van der Waals surface area contributed by atoms with Crippen molar-refractivity contribution in [3.05, 3.63) is 77.6 Å². The molecule has 32 heavy (non-hydrogen) atoms. The lowest BCUT2D eigenvalue weighted by atomic mass is 10.1. The standard InChI is InChI=1S/C24H24N6O2/c1-16-26-27-23(32-16)21-15-22(17-9-10-17)30(28-21)20-8-5-6-18(14-20)24(31)29(2)13-11-19-7-3-4-12-25-19/h3-8,12,14-15,17H,9-11,13H2,1-2H3. The molecule has 1 fully saturated rings. The summed E-state index contributed by atoms with van der Waals surface area (Å²) in [6.45, 7) is 2.35. The van der Waals surface area contributed by atoms with Crippen LogP contribution in [0.4, 0.5) is 0 Å². The van der Waals surface area contributed by atoms with Crippen molar-refractivity contribution in [3.8, 4) is 17.3 Å². The Bertz CT molecular complexity index is 1240. The summed E-state index contributed by atoms with van der Waals surface area (Å²) >= 11 is 0. The molecule has 8 nitrogen and oxygen atoms in total. The van der Waals surface area contributed by atoms with Crippen molar-refractivity contribution in [2.24, 2.45) is 0 Å². The molecule has 0 atom stereocenters. The summed E-state index contributed by atoms with van der Waals surface area (Å²) in [5.41, 5.74) is 4.19. The summed E-state index contributed by atoms with van der Waals surface area (Å²) in [6, 6.07) is 15.4. The largest absolute Gasteiger partial charge is 0.420 e. The molecule has 1 aromatic carbocycles. The second-order valence-corrected chi connectivity index (χ2v) is 8.11. The number of rotatable bonds is 7. The van der Waals surface area contributed by atoms with Gasteiger partial charge in [0, 0.05) is 56.0 Å². The molecule has 5 rings (SSSR count). The fraction of sp³-hybridized carbons (Fsp3) is 0.292. The summed E-state index contributed by atoms with van der Waals surface area (Å²) in [5.74, 6) is 1.34. The average molecular weight is 428 g/mol. The molecular weight excluding hydrogens is 404 g/mol. The molecule has 3 heterocycles. The number of amides is 1. The summed E-state index contributed by atoms with van der Waals surface area (Å²) in [6.07, 6.45) is 4.73. The Kier molecular flexibility index (Phi) is 5.26. The van der Waals surface area contributed by atoms with Gasteiger partial charge in [0.1, 0.15) is 5.69 Å². The third-order valence-electron chi connectivity index (χ3n) is 5.59. The number of aromatic nitrogens is 5. The number of likely N-dealkylation sites (N-methyl/N-ethyl adjacent to an activating group) is 1. The van der Waals surface area contributed by atoms with Crippen LogP contribution >= 0.6 is 0 Å².